The number of pyridine rings is 2. The Hall–Kier alpha value is -10.4. The van der Waals surface area contributed by atoms with Crippen molar-refractivity contribution in [3.8, 4) is 0 Å². The van der Waals surface area contributed by atoms with Crippen LogP contribution in [0.4, 0.5) is 68.5 Å². The molecule has 0 fully saturated rings. The number of anilines is 8. The van der Waals surface area contributed by atoms with E-state index in [0.717, 1.165) is 101 Å². The number of fused-ring (bicyclic) bond motifs is 8. The molecule has 92 heavy (non-hydrogen) atoms. The molecule has 4 aromatic heterocycles. The Kier molecular flexibility index (Phi) is 20.3. The van der Waals surface area contributed by atoms with Crippen LogP contribution in [0, 0.1) is 53.2 Å². The summed E-state index contributed by atoms with van der Waals surface area (Å²) in [4.78, 5) is 26.4. The van der Waals surface area contributed by atoms with E-state index in [1.807, 2.05) is 194 Å². The first-order chi connectivity index (χ1) is 44.3. The maximum absolute atomic E-state index is 6.26. The molecule has 0 amide bonds. The smallest absolute Gasteiger partial charge is 0.124 e. The summed E-state index contributed by atoms with van der Waals surface area (Å²) in [7, 11) is 0. The summed E-state index contributed by atoms with van der Waals surface area (Å²) in [6.45, 7) is 12.7. The number of rotatable bonds is 10. The number of furan rings is 2. The Morgan fingerprint density at radius 1 is 0.380 bits per heavy atom. The van der Waals surface area contributed by atoms with E-state index in [2.05, 4.69) is 166 Å². The third kappa shape index (κ3) is 13.7. The fourth-order valence-electron chi connectivity index (χ4n) is 11.1. The van der Waals surface area contributed by atoms with Crippen molar-refractivity contribution >= 4 is 125 Å². The van der Waals surface area contributed by atoms with Gasteiger partial charge < -0.3 is 49.1 Å². The maximum Gasteiger partial charge on any atom is 0.124 e. The fourth-order valence-corrected chi connectivity index (χ4v) is 11.1. The number of aliphatic imine (C=N–C) groups is 2. The molecule has 12 nitrogen and oxygen atoms in total. The topological polar surface area (TPSA) is 118 Å². The summed E-state index contributed by atoms with van der Waals surface area (Å²) in [5, 5.41) is 12.8. The Morgan fingerprint density at radius 2 is 0.739 bits per heavy atom. The molecule has 0 N–H and O–H groups in total. The van der Waals surface area contributed by atoms with E-state index in [1.54, 1.807) is 12.7 Å². The average molecular weight is 1560 g/mol. The molecule has 10 aromatic carbocycles. The minimum atomic E-state index is 0. The van der Waals surface area contributed by atoms with Gasteiger partial charge in [-0.15, -0.1) is 13.3 Å². The number of aryl methyl sites for hydroxylation is 4. The molecule has 0 bridgehead atoms. The molecule has 0 spiro atoms. The summed E-state index contributed by atoms with van der Waals surface area (Å²) in [5.41, 5.74) is 18.0. The van der Waals surface area contributed by atoms with Crippen LogP contribution >= 0.6 is 0 Å². The van der Waals surface area contributed by atoms with Crippen LogP contribution in [0.15, 0.2) is 286 Å². The molecule has 2 aliphatic heterocycles. The van der Waals surface area contributed by atoms with E-state index in [9.17, 15) is 0 Å². The largest absolute Gasteiger partial charge is 0.514 e. The maximum atomic E-state index is 6.26. The SMILES string of the molecule is C(=Nc1ccccc1)[N-]c1ccccc1.C(=Nc1ccccc1)[N-]c1ccccc1.Cc1cccc(C)c1N1[CH-]N(c2[c-]ccc3c2oc2ccccc23)c2ncccc21.Cc1cccc(C)c1N1[CH-]N(c2[c-]ccc3c2oc2ccccc23)c2ncccc21.[Pt].[Pt]. The molecule has 0 radical (unpaired) electrons. The predicted octanol–water partition coefficient (Wildman–Crippen LogP) is 21.7. The van der Waals surface area contributed by atoms with Crippen molar-refractivity contribution in [1.82, 2.24) is 9.97 Å². The predicted molar refractivity (Wildman–Crippen MR) is 371 cm³/mol. The summed E-state index contributed by atoms with van der Waals surface area (Å²) in [6, 6.07) is 91.0. The van der Waals surface area contributed by atoms with E-state index >= 15 is 0 Å². The quantitative estimate of drug-likeness (QED) is 0.0755. The molecule has 16 rings (SSSR count). The van der Waals surface area contributed by atoms with Gasteiger partial charge in [0.15, 0.2) is 0 Å². The van der Waals surface area contributed by atoms with Gasteiger partial charge in [0.2, 0.25) is 0 Å². The summed E-state index contributed by atoms with van der Waals surface area (Å²) < 4.78 is 12.5. The van der Waals surface area contributed by atoms with Crippen LogP contribution < -0.4 is 19.6 Å². The molecule has 14 heteroatoms. The van der Waals surface area contributed by atoms with Crippen LogP contribution in [-0.2, 0) is 42.1 Å². The van der Waals surface area contributed by atoms with Gasteiger partial charge in [0.25, 0.3) is 0 Å². The molecule has 0 atom stereocenters. The van der Waals surface area contributed by atoms with Gasteiger partial charge in [-0.25, -0.2) is 9.97 Å². The van der Waals surface area contributed by atoms with Crippen molar-refractivity contribution in [3.05, 3.63) is 326 Å². The second-order valence-electron chi connectivity index (χ2n) is 21.3. The molecular formula is C78H60N10O2Pt2-6. The summed E-state index contributed by atoms with van der Waals surface area (Å²) in [5.74, 6) is 1.73. The molecule has 6 heterocycles. The van der Waals surface area contributed by atoms with Crippen LogP contribution in [0.3, 0.4) is 0 Å². The first-order valence-corrected chi connectivity index (χ1v) is 29.5. The normalized spacial score (nSPS) is 12.1. The Bertz CT molecular complexity index is 4490. The molecular weight excluding hydrogens is 1500 g/mol. The van der Waals surface area contributed by atoms with Crippen LogP contribution in [0.1, 0.15) is 22.3 Å². The van der Waals surface area contributed by atoms with E-state index in [4.69, 9.17) is 18.8 Å². The second-order valence-corrected chi connectivity index (χ2v) is 21.3. The van der Waals surface area contributed by atoms with Crippen LogP contribution in [0.25, 0.3) is 54.5 Å². The molecule has 460 valence electrons. The van der Waals surface area contributed by atoms with E-state index < -0.39 is 0 Å². The van der Waals surface area contributed by atoms with Gasteiger partial charge in [0.05, 0.1) is 11.4 Å². The van der Waals surface area contributed by atoms with Crippen molar-refractivity contribution in [2.45, 2.75) is 27.7 Å². The zero-order valence-electron chi connectivity index (χ0n) is 50.6. The standard InChI is InChI=1S/2C26H19N3O.2C13H11N2.2Pt/c2*1-17-8-5-9-18(2)24(17)28-16-29(26-22(28)13-7-15-27-26)21-12-6-11-20-19-10-3-4-14-23(19)30-25(20)21;2*1-3-7-12(8-4-1)14-11-15-13-9-5-2-6-10-13;;/h2*3-11,13-16H,1-2H3;2*1-11H;;/q2*-2;2*-1;;. The zero-order valence-corrected chi connectivity index (χ0v) is 55.2. The van der Waals surface area contributed by atoms with Gasteiger partial charge in [-0.3, -0.25) is 0 Å². The first-order valence-electron chi connectivity index (χ1n) is 29.5. The Balaban J connectivity index is 0.000000131. The van der Waals surface area contributed by atoms with Crippen molar-refractivity contribution in [2.75, 3.05) is 19.6 Å². The molecule has 0 unspecified atom stereocenters. The minimum Gasteiger partial charge on any atom is -0.514 e. The van der Waals surface area contributed by atoms with Gasteiger partial charge in [-0.1, -0.05) is 229 Å². The molecule has 14 aromatic rings. The first kappa shape index (κ1) is 63.2. The summed E-state index contributed by atoms with van der Waals surface area (Å²) >= 11 is 0. The van der Waals surface area contributed by atoms with Gasteiger partial charge in [-0.05, 0) is 109 Å². The number of aromatic nitrogens is 2. The van der Waals surface area contributed by atoms with E-state index in [-0.39, 0.29) is 42.1 Å². The zero-order chi connectivity index (χ0) is 61.2. The Morgan fingerprint density at radius 3 is 1.13 bits per heavy atom. The summed E-state index contributed by atoms with van der Waals surface area (Å²) in [6.07, 6.45) is 6.80. The van der Waals surface area contributed by atoms with E-state index in [1.165, 1.54) is 33.6 Å². The Labute approximate surface area is 564 Å². The number of hydrogen-bond acceptors (Lipinski definition) is 10. The second kappa shape index (κ2) is 29.5. The monoisotopic (exact) mass is 1560 g/mol. The average Bonchev–Trinajstić information content (AvgIpc) is 1.61. The third-order valence-corrected chi connectivity index (χ3v) is 15.3. The van der Waals surface area contributed by atoms with Crippen LogP contribution in [0.2, 0.25) is 0 Å². The number of para-hydroxylation sites is 8. The van der Waals surface area contributed by atoms with Crippen molar-refractivity contribution in [1.29, 1.82) is 0 Å². The molecule has 0 aliphatic carbocycles. The van der Waals surface area contributed by atoms with Gasteiger partial charge in [-0.2, -0.15) is 36.4 Å². The van der Waals surface area contributed by atoms with Crippen molar-refractivity contribution < 1.29 is 51.0 Å². The van der Waals surface area contributed by atoms with E-state index in [0.29, 0.717) is 0 Å². The third-order valence-electron chi connectivity index (χ3n) is 15.3. The minimum absolute atomic E-state index is 0. The van der Waals surface area contributed by atoms with Crippen LogP contribution in [-0.4, -0.2) is 22.6 Å². The fraction of sp³-hybridized carbons (Fsp3) is 0.0513. The van der Waals surface area contributed by atoms with Gasteiger partial charge >= 0.3 is 0 Å². The van der Waals surface area contributed by atoms with Gasteiger partial charge in [0.1, 0.15) is 22.8 Å². The van der Waals surface area contributed by atoms with Gasteiger partial charge in [0, 0.05) is 87.8 Å². The number of nitrogens with zero attached hydrogens (tertiary/aromatic N) is 10. The molecule has 2 aliphatic rings. The number of hydrogen-bond donors (Lipinski definition) is 0. The number of benzene rings is 10. The molecule has 0 saturated heterocycles. The molecule has 0 saturated carbocycles. The van der Waals surface area contributed by atoms with Crippen LogP contribution in [0.5, 0.6) is 0 Å². The van der Waals surface area contributed by atoms with Crippen molar-refractivity contribution in [3.63, 3.8) is 0 Å². The van der Waals surface area contributed by atoms with Crippen molar-refractivity contribution in [2.24, 2.45) is 9.98 Å².